The SMILES string of the molecule is CCC(=O)NC[C@H]1CN(c2cc(F)c(N3CCC(n4cncn4)CC3)c(F)c2)C(=O)O1.CCC(=O)NC[C@H]1CN(c2cc(F)c(N3CCC(n4cnnc4)CC3)c(F)c2)C(=O)O1. The smallest absolute Gasteiger partial charge is 0.414 e. The number of anilines is 4. The predicted molar refractivity (Wildman–Crippen MR) is 216 cm³/mol. The third-order valence-electron chi connectivity index (χ3n) is 11.3. The lowest BCUT2D eigenvalue weighted by Crippen LogP contribution is -2.36. The zero-order chi connectivity index (χ0) is 43.9. The van der Waals surface area contributed by atoms with Gasteiger partial charge in [-0.05, 0) is 25.7 Å². The van der Waals surface area contributed by atoms with Crippen molar-refractivity contribution in [3.8, 4) is 0 Å². The van der Waals surface area contributed by atoms with Crippen LogP contribution >= 0.6 is 0 Å². The van der Waals surface area contributed by atoms with Crippen molar-refractivity contribution in [1.29, 1.82) is 0 Å². The van der Waals surface area contributed by atoms with Crippen molar-refractivity contribution in [3.63, 3.8) is 0 Å². The van der Waals surface area contributed by atoms with Gasteiger partial charge < -0.3 is 34.5 Å². The molecule has 18 nitrogen and oxygen atoms in total. The van der Waals surface area contributed by atoms with Gasteiger partial charge in [-0.3, -0.25) is 19.4 Å². The molecule has 4 fully saturated rings. The minimum absolute atomic E-state index is 0.0885. The van der Waals surface area contributed by atoms with E-state index >= 15 is 0 Å². The van der Waals surface area contributed by atoms with Gasteiger partial charge >= 0.3 is 12.2 Å². The molecule has 4 amide bonds. The van der Waals surface area contributed by atoms with Gasteiger partial charge in [-0.15, -0.1) is 10.2 Å². The molecule has 2 atom stereocenters. The molecule has 2 N–H and O–H groups in total. The number of carbonyl (C=O) groups is 4. The number of amides is 4. The summed E-state index contributed by atoms with van der Waals surface area (Å²) in [5, 5.41) is 17.0. The van der Waals surface area contributed by atoms with E-state index in [-0.39, 0.29) is 72.8 Å². The maximum Gasteiger partial charge on any atom is 0.414 e. The second-order valence-electron chi connectivity index (χ2n) is 15.3. The number of piperidine rings is 2. The first kappa shape index (κ1) is 43.6. The molecule has 0 aliphatic carbocycles. The number of hydrogen-bond acceptors (Lipinski definition) is 12. The van der Waals surface area contributed by atoms with Gasteiger partial charge in [-0.2, -0.15) is 5.10 Å². The van der Waals surface area contributed by atoms with Crippen molar-refractivity contribution in [2.45, 2.75) is 76.7 Å². The van der Waals surface area contributed by atoms with Crippen molar-refractivity contribution in [1.82, 2.24) is 40.2 Å². The molecular weight excluding hydrogens is 821 g/mol. The normalized spacial score (nSPS) is 19.6. The van der Waals surface area contributed by atoms with Gasteiger partial charge in [-0.25, -0.2) is 36.8 Å². The Kier molecular flexibility index (Phi) is 13.7. The molecular formula is C40H48F4N12O6. The first-order valence-electron chi connectivity index (χ1n) is 20.6. The highest BCUT2D eigenvalue weighted by atomic mass is 19.1. The summed E-state index contributed by atoms with van der Waals surface area (Å²) in [4.78, 5) is 56.8. The van der Waals surface area contributed by atoms with Crippen molar-refractivity contribution >= 4 is 46.8 Å². The molecule has 4 aromatic rings. The van der Waals surface area contributed by atoms with E-state index in [1.807, 2.05) is 4.57 Å². The molecule has 2 aromatic heterocycles. The Balaban J connectivity index is 0.000000186. The molecule has 0 spiro atoms. The largest absolute Gasteiger partial charge is 0.442 e. The third kappa shape index (κ3) is 10.00. The van der Waals surface area contributed by atoms with Crippen LogP contribution in [0, 0.1) is 23.3 Å². The number of benzene rings is 2. The highest BCUT2D eigenvalue weighted by Crippen LogP contribution is 2.36. The molecule has 0 radical (unpaired) electrons. The van der Waals surface area contributed by atoms with Gasteiger partial charge in [0.2, 0.25) is 11.8 Å². The summed E-state index contributed by atoms with van der Waals surface area (Å²) in [6.45, 7) is 5.86. The van der Waals surface area contributed by atoms with E-state index in [1.54, 1.807) is 47.3 Å². The quantitative estimate of drug-likeness (QED) is 0.191. The number of nitrogens with zero attached hydrogens (tertiary/aromatic N) is 10. The highest BCUT2D eigenvalue weighted by Gasteiger charge is 2.36. The standard InChI is InChI=1S/2C20H24F2N6O3/c1-2-18(29)24-9-15-10-27(20(30)31-15)14-7-16(21)19(17(22)8-14)26-5-3-13(4-6-26)28-12-23-11-25-28;1-2-18(29)23-9-15-10-28(20(30)31-15)14-7-16(21)19(17(22)8-14)26-5-3-13(4-6-26)27-11-24-25-12-27/h7-8,11-13,15H,2-6,9-10H2,1H3,(H,24,29);7-8,11-13,15H,2-6,9-10H2,1H3,(H,23,29)/t2*15-/m00/s1. The third-order valence-corrected chi connectivity index (χ3v) is 11.3. The topological polar surface area (TPSA) is 185 Å². The average molecular weight is 869 g/mol. The number of halogens is 4. The summed E-state index contributed by atoms with van der Waals surface area (Å²) < 4.78 is 73.7. The molecule has 332 valence electrons. The summed E-state index contributed by atoms with van der Waals surface area (Å²) in [7, 11) is 0. The van der Waals surface area contributed by atoms with Gasteiger partial charge in [0.05, 0.1) is 43.6 Å². The van der Waals surface area contributed by atoms with Crippen LogP contribution in [0.25, 0.3) is 0 Å². The first-order valence-corrected chi connectivity index (χ1v) is 20.6. The Hall–Kier alpha value is -6.48. The Labute approximate surface area is 354 Å². The van der Waals surface area contributed by atoms with Crippen molar-refractivity contribution in [2.75, 3.05) is 72.0 Å². The number of aromatic nitrogens is 6. The molecule has 6 heterocycles. The Morgan fingerprint density at radius 1 is 0.661 bits per heavy atom. The number of cyclic esters (lactones) is 2. The van der Waals surface area contributed by atoms with Crippen LogP contribution in [-0.2, 0) is 19.1 Å². The lowest BCUT2D eigenvalue weighted by Gasteiger charge is -2.34. The monoisotopic (exact) mass is 868 g/mol. The Morgan fingerprint density at radius 3 is 1.47 bits per heavy atom. The Bertz CT molecular complexity index is 2000. The van der Waals surface area contributed by atoms with Crippen LogP contribution < -0.4 is 30.2 Å². The van der Waals surface area contributed by atoms with Crippen LogP contribution in [0.1, 0.15) is 64.5 Å². The van der Waals surface area contributed by atoms with Crippen LogP contribution in [0.5, 0.6) is 0 Å². The van der Waals surface area contributed by atoms with Crippen molar-refractivity contribution in [3.05, 3.63) is 72.8 Å². The molecule has 2 aromatic carbocycles. The maximum atomic E-state index is 14.9. The molecule has 4 saturated heterocycles. The predicted octanol–water partition coefficient (Wildman–Crippen LogP) is 4.50. The second kappa shape index (κ2) is 19.5. The fraction of sp³-hybridized carbons (Fsp3) is 0.500. The summed E-state index contributed by atoms with van der Waals surface area (Å²) in [6.07, 6.45) is 7.28. The lowest BCUT2D eigenvalue weighted by atomic mass is 10.0. The molecule has 0 unspecified atom stereocenters. The number of ether oxygens (including phenoxy) is 2. The first-order chi connectivity index (χ1) is 29.9. The van der Waals surface area contributed by atoms with E-state index in [0.29, 0.717) is 64.7 Å². The number of carbonyl (C=O) groups excluding carboxylic acids is 4. The van der Waals surface area contributed by atoms with E-state index in [2.05, 4.69) is 30.9 Å². The van der Waals surface area contributed by atoms with Crippen LogP contribution in [-0.4, -0.2) is 118 Å². The molecule has 62 heavy (non-hydrogen) atoms. The highest BCUT2D eigenvalue weighted by molar-refractivity contribution is 5.91. The minimum Gasteiger partial charge on any atom is -0.442 e. The maximum absolute atomic E-state index is 14.9. The fourth-order valence-electron chi connectivity index (χ4n) is 7.95. The van der Waals surface area contributed by atoms with E-state index < -0.39 is 47.7 Å². The zero-order valence-corrected chi connectivity index (χ0v) is 34.3. The molecule has 22 heteroatoms. The number of rotatable bonds is 12. The summed E-state index contributed by atoms with van der Waals surface area (Å²) in [5.41, 5.74) is -0.0107. The van der Waals surface area contributed by atoms with Gasteiger partial charge in [-0.1, -0.05) is 13.8 Å². The van der Waals surface area contributed by atoms with E-state index in [4.69, 9.17) is 9.47 Å². The summed E-state index contributed by atoms with van der Waals surface area (Å²) in [6, 6.07) is 4.94. The average Bonchev–Trinajstić information content (AvgIpc) is 4.11. The molecule has 0 bridgehead atoms. The number of hydrogen-bond donors (Lipinski definition) is 2. The van der Waals surface area contributed by atoms with Gasteiger partial charge in [0, 0.05) is 69.3 Å². The van der Waals surface area contributed by atoms with Gasteiger partial charge in [0.25, 0.3) is 0 Å². The second-order valence-corrected chi connectivity index (χ2v) is 15.3. The van der Waals surface area contributed by atoms with Crippen LogP contribution in [0.4, 0.5) is 49.9 Å². The van der Waals surface area contributed by atoms with Crippen LogP contribution in [0.15, 0.2) is 49.6 Å². The van der Waals surface area contributed by atoms with Gasteiger partial charge in [0.15, 0.2) is 23.3 Å². The van der Waals surface area contributed by atoms with Crippen LogP contribution in [0.3, 0.4) is 0 Å². The molecule has 4 aliphatic rings. The van der Waals surface area contributed by atoms with Crippen molar-refractivity contribution in [2.24, 2.45) is 0 Å². The van der Waals surface area contributed by atoms with E-state index in [9.17, 15) is 36.7 Å². The summed E-state index contributed by atoms with van der Waals surface area (Å²) >= 11 is 0. The molecule has 8 rings (SSSR count). The van der Waals surface area contributed by atoms with Crippen LogP contribution in [0.2, 0.25) is 0 Å². The van der Waals surface area contributed by atoms with Crippen molar-refractivity contribution < 1.29 is 46.2 Å². The van der Waals surface area contributed by atoms with E-state index in [1.165, 1.54) is 16.1 Å². The summed E-state index contributed by atoms with van der Waals surface area (Å²) in [5.74, 6) is -3.25. The van der Waals surface area contributed by atoms with E-state index in [0.717, 1.165) is 24.3 Å². The lowest BCUT2D eigenvalue weighted by molar-refractivity contribution is -0.121. The Morgan fingerprint density at radius 2 is 1.08 bits per heavy atom. The zero-order valence-electron chi connectivity index (χ0n) is 34.3. The minimum atomic E-state index is -0.732. The molecule has 4 aliphatic heterocycles. The molecule has 0 saturated carbocycles. The number of nitrogens with one attached hydrogen (secondary N) is 2. The fourth-order valence-corrected chi connectivity index (χ4v) is 7.95. The van der Waals surface area contributed by atoms with Gasteiger partial charge in [0.1, 0.15) is 48.9 Å².